The Morgan fingerprint density at radius 3 is 2.67 bits per heavy atom. The fourth-order valence-corrected chi connectivity index (χ4v) is 4.10. The number of rotatable bonds is 9. The number of nitrogens with one attached hydrogen (secondary N) is 1. The molecule has 0 spiro atoms. The molecule has 4 rings (SSSR count). The molecule has 2 aromatic heterocycles. The topological polar surface area (TPSA) is 94.8 Å². The Morgan fingerprint density at radius 2 is 1.85 bits per heavy atom. The van der Waals surface area contributed by atoms with Crippen LogP contribution in [-0.2, 0) is 12.3 Å². The Bertz CT molecular complexity index is 1210. The minimum atomic E-state index is -0.167. The fraction of sp³-hybridized carbons (Fsp3) is 0.208. The van der Waals surface area contributed by atoms with E-state index in [1.807, 2.05) is 80.6 Å². The summed E-state index contributed by atoms with van der Waals surface area (Å²) in [4.78, 5) is 18.1. The van der Waals surface area contributed by atoms with Crippen molar-refractivity contribution in [3.63, 3.8) is 0 Å². The summed E-state index contributed by atoms with van der Waals surface area (Å²) < 4.78 is 7.45. The first-order valence-corrected chi connectivity index (χ1v) is 11.5. The number of para-hydroxylation sites is 1. The first kappa shape index (κ1) is 22.5. The lowest BCUT2D eigenvalue weighted by molar-refractivity contribution is 0.0947. The van der Waals surface area contributed by atoms with Gasteiger partial charge in [-0.3, -0.25) is 4.79 Å². The molecule has 0 aliphatic carbocycles. The van der Waals surface area contributed by atoms with E-state index in [0.29, 0.717) is 29.6 Å². The smallest absolute Gasteiger partial charge is 0.252 e. The SMILES string of the molecule is CC(C)Oc1ncccc1CNC(=O)c1ccccc1SCc1nnnn1-c1ccccc1. The van der Waals surface area contributed by atoms with E-state index in [9.17, 15) is 4.79 Å². The molecule has 2 aromatic carbocycles. The Kier molecular flexibility index (Phi) is 7.31. The molecule has 0 radical (unpaired) electrons. The average Bonchev–Trinajstić information content (AvgIpc) is 3.31. The second-order valence-corrected chi connectivity index (χ2v) is 8.46. The highest BCUT2D eigenvalue weighted by Crippen LogP contribution is 2.26. The Labute approximate surface area is 196 Å². The number of nitrogens with zero attached hydrogens (tertiary/aromatic N) is 5. The maximum atomic E-state index is 13.0. The van der Waals surface area contributed by atoms with Crippen LogP contribution >= 0.6 is 11.8 Å². The van der Waals surface area contributed by atoms with Crippen molar-refractivity contribution in [2.75, 3.05) is 0 Å². The van der Waals surface area contributed by atoms with E-state index in [1.165, 1.54) is 11.8 Å². The van der Waals surface area contributed by atoms with Crippen LogP contribution in [0.5, 0.6) is 5.88 Å². The van der Waals surface area contributed by atoms with Gasteiger partial charge in [-0.1, -0.05) is 36.4 Å². The van der Waals surface area contributed by atoms with Crippen LogP contribution in [0.1, 0.15) is 35.6 Å². The monoisotopic (exact) mass is 460 g/mol. The second-order valence-electron chi connectivity index (χ2n) is 7.44. The molecule has 2 heterocycles. The molecule has 0 unspecified atom stereocenters. The third-order valence-electron chi connectivity index (χ3n) is 4.66. The molecule has 4 aromatic rings. The highest BCUT2D eigenvalue weighted by molar-refractivity contribution is 7.98. The molecule has 9 heteroatoms. The van der Waals surface area contributed by atoms with Gasteiger partial charge < -0.3 is 10.1 Å². The largest absolute Gasteiger partial charge is 0.475 e. The van der Waals surface area contributed by atoms with E-state index in [0.717, 1.165) is 16.1 Å². The molecule has 0 atom stereocenters. The van der Waals surface area contributed by atoms with Gasteiger partial charge in [0.1, 0.15) is 0 Å². The van der Waals surface area contributed by atoms with Gasteiger partial charge in [0.15, 0.2) is 5.82 Å². The standard InChI is InChI=1S/C24H24N6O2S/c1-17(2)32-24-18(9-8-14-25-24)15-26-23(31)20-12-6-7-13-21(20)33-16-22-27-28-29-30(22)19-10-4-3-5-11-19/h3-14,17H,15-16H2,1-2H3,(H,26,31). The quantitative estimate of drug-likeness (QED) is 0.376. The van der Waals surface area contributed by atoms with Crippen LogP contribution in [0.15, 0.2) is 77.8 Å². The molecule has 0 bridgehead atoms. The summed E-state index contributed by atoms with van der Waals surface area (Å²) in [6.07, 6.45) is 1.68. The number of carbonyl (C=O) groups excluding carboxylic acids is 1. The third kappa shape index (κ3) is 5.75. The molecule has 0 saturated heterocycles. The number of amides is 1. The molecule has 0 aliphatic rings. The summed E-state index contributed by atoms with van der Waals surface area (Å²) in [5, 5.41) is 15.0. The van der Waals surface area contributed by atoms with Crippen molar-refractivity contribution in [3.8, 4) is 11.6 Å². The minimum absolute atomic E-state index is 0.00102. The first-order chi connectivity index (χ1) is 16.1. The average molecular weight is 461 g/mol. The molecule has 33 heavy (non-hydrogen) atoms. The predicted molar refractivity (Wildman–Crippen MR) is 126 cm³/mol. The number of thioether (sulfide) groups is 1. The number of pyridine rings is 1. The van der Waals surface area contributed by atoms with Crippen LogP contribution in [0.25, 0.3) is 5.69 Å². The van der Waals surface area contributed by atoms with E-state index < -0.39 is 0 Å². The van der Waals surface area contributed by atoms with Gasteiger partial charge in [-0.05, 0) is 54.6 Å². The Balaban J connectivity index is 1.45. The molecule has 0 aliphatic heterocycles. The normalized spacial score (nSPS) is 10.9. The number of ether oxygens (including phenoxy) is 1. The highest BCUT2D eigenvalue weighted by atomic mass is 32.2. The van der Waals surface area contributed by atoms with Gasteiger partial charge in [-0.15, -0.1) is 16.9 Å². The summed E-state index contributed by atoms with van der Waals surface area (Å²) >= 11 is 1.51. The minimum Gasteiger partial charge on any atom is -0.475 e. The zero-order chi connectivity index (χ0) is 23.0. The van der Waals surface area contributed by atoms with Crippen LogP contribution in [0.3, 0.4) is 0 Å². The van der Waals surface area contributed by atoms with Crippen molar-refractivity contribution >= 4 is 17.7 Å². The molecule has 1 N–H and O–H groups in total. The van der Waals surface area contributed by atoms with Crippen LogP contribution < -0.4 is 10.1 Å². The molecule has 8 nitrogen and oxygen atoms in total. The molecule has 1 amide bonds. The van der Waals surface area contributed by atoms with Crippen LogP contribution in [0, 0.1) is 0 Å². The summed E-state index contributed by atoms with van der Waals surface area (Å²) in [5.41, 5.74) is 2.31. The van der Waals surface area contributed by atoms with Crippen LogP contribution in [0.4, 0.5) is 0 Å². The molecule has 0 saturated carbocycles. The van der Waals surface area contributed by atoms with Crippen molar-refractivity contribution in [1.82, 2.24) is 30.5 Å². The van der Waals surface area contributed by atoms with Gasteiger partial charge in [0.2, 0.25) is 5.88 Å². The number of hydrogen-bond acceptors (Lipinski definition) is 7. The molecular formula is C24H24N6O2S. The van der Waals surface area contributed by atoms with Crippen molar-refractivity contribution in [3.05, 3.63) is 89.9 Å². The van der Waals surface area contributed by atoms with Crippen molar-refractivity contribution in [2.24, 2.45) is 0 Å². The third-order valence-corrected chi connectivity index (χ3v) is 5.73. The van der Waals surface area contributed by atoms with Crippen LogP contribution in [0.2, 0.25) is 0 Å². The lowest BCUT2D eigenvalue weighted by atomic mass is 10.2. The van der Waals surface area contributed by atoms with Crippen molar-refractivity contribution in [2.45, 2.75) is 37.1 Å². The van der Waals surface area contributed by atoms with Gasteiger partial charge in [-0.2, -0.15) is 4.68 Å². The number of tetrazole rings is 1. The number of hydrogen-bond donors (Lipinski definition) is 1. The predicted octanol–water partition coefficient (Wildman–Crippen LogP) is 4.07. The second kappa shape index (κ2) is 10.7. The Morgan fingerprint density at radius 1 is 1.06 bits per heavy atom. The summed E-state index contributed by atoms with van der Waals surface area (Å²) in [6.45, 7) is 4.21. The van der Waals surface area contributed by atoms with Gasteiger partial charge in [0.05, 0.1) is 23.1 Å². The Hall–Kier alpha value is -3.72. The van der Waals surface area contributed by atoms with Gasteiger partial charge in [-0.25, -0.2) is 4.98 Å². The maximum Gasteiger partial charge on any atom is 0.252 e. The van der Waals surface area contributed by atoms with Crippen molar-refractivity contribution < 1.29 is 9.53 Å². The lowest BCUT2D eigenvalue weighted by Crippen LogP contribution is -2.24. The number of benzene rings is 2. The lowest BCUT2D eigenvalue weighted by Gasteiger charge is -2.14. The first-order valence-electron chi connectivity index (χ1n) is 10.5. The van der Waals surface area contributed by atoms with Gasteiger partial charge in [0.25, 0.3) is 5.91 Å². The fourth-order valence-electron chi connectivity index (χ4n) is 3.15. The number of aromatic nitrogens is 5. The highest BCUT2D eigenvalue weighted by Gasteiger charge is 2.15. The number of carbonyl (C=O) groups is 1. The van der Waals surface area contributed by atoms with E-state index in [2.05, 4.69) is 25.8 Å². The van der Waals surface area contributed by atoms with E-state index in [-0.39, 0.29) is 12.0 Å². The maximum absolute atomic E-state index is 13.0. The van der Waals surface area contributed by atoms with Gasteiger partial charge in [0, 0.05) is 23.2 Å². The molecular weight excluding hydrogens is 436 g/mol. The van der Waals surface area contributed by atoms with Crippen LogP contribution in [-0.4, -0.2) is 37.2 Å². The van der Waals surface area contributed by atoms with Gasteiger partial charge >= 0.3 is 0 Å². The van der Waals surface area contributed by atoms with E-state index >= 15 is 0 Å². The van der Waals surface area contributed by atoms with E-state index in [4.69, 9.17) is 4.74 Å². The summed E-state index contributed by atoms with van der Waals surface area (Å²) in [7, 11) is 0. The summed E-state index contributed by atoms with van der Waals surface area (Å²) in [6, 6.07) is 20.9. The molecule has 168 valence electrons. The van der Waals surface area contributed by atoms with Crippen molar-refractivity contribution in [1.29, 1.82) is 0 Å². The zero-order valence-corrected chi connectivity index (χ0v) is 19.2. The van der Waals surface area contributed by atoms with E-state index in [1.54, 1.807) is 10.9 Å². The summed E-state index contributed by atoms with van der Waals surface area (Å²) in [5.74, 6) is 1.58. The molecule has 0 fully saturated rings. The zero-order valence-electron chi connectivity index (χ0n) is 18.4.